The van der Waals surface area contributed by atoms with E-state index in [1.165, 1.54) is 18.1 Å². The number of allylic oxidation sites excluding steroid dienone is 2. The van der Waals surface area contributed by atoms with Gasteiger partial charge in [-0.1, -0.05) is 18.2 Å². The van der Waals surface area contributed by atoms with Gasteiger partial charge in [0, 0.05) is 0 Å². The van der Waals surface area contributed by atoms with Gasteiger partial charge < -0.3 is 0 Å². The third kappa shape index (κ3) is 1.51. The van der Waals surface area contributed by atoms with E-state index in [1.807, 2.05) is 13.0 Å². The molecule has 68 valence electrons. The van der Waals surface area contributed by atoms with Gasteiger partial charge in [-0.2, -0.15) is 0 Å². The highest BCUT2D eigenvalue weighted by Gasteiger charge is 2.10. The molecule has 0 heterocycles. The molecule has 1 aliphatic carbocycles. The maximum Gasteiger partial charge on any atom is 0.126 e. The lowest BCUT2D eigenvalue weighted by atomic mass is 10.00. The molecule has 0 saturated heterocycles. The van der Waals surface area contributed by atoms with E-state index in [-0.39, 0.29) is 5.82 Å². The fraction of sp³-hybridized carbons (Fsp3) is 0.333. The Morgan fingerprint density at radius 1 is 1.31 bits per heavy atom. The van der Waals surface area contributed by atoms with Crippen LogP contribution >= 0.6 is 0 Å². The summed E-state index contributed by atoms with van der Waals surface area (Å²) in [5.41, 5.74) is 3.20. The van der Waals surface area contributed by atoms with Crippen LogP contribution in [-0.4, -0.2) is 0 Å². The predicted molar refractivity (Wildman–Crippen MR) is 53.0 cm³/mol. The lowest BCUT2D eigenvalue weighted by molar-refractivity contribution is 0.618. The van der Waals surface area contributed by atoms with E-state index in [4.69, 9.17) is 0 Å². The van der Waals surface area contributed by atoms with Crippen molar-refractivity contribution < 1.29 is 4.39 Å². The molecule has 0 radical (unpaired) electrons. The molecule has 2 rings (SSSR count). The molecule has 0 unspecified atom stereocenters. The molecule has 0 aliphatic heterocycles. The van der Waals surface area contributed by atoms with E-state index in [0.29, 0.717) is 0 Å². The van der Waals surface area contributed by atoms with Crippen LogP contribution in [0.1, 0.15) is 30.4 Å². The molecule has 0 atom stereocenters. The second kappa shape index (κ2) is 3.33. The minimum absolute atomic E-state index is 0.0923. The molecule has 1 aromatic rings. The van der Waals surface area contributed by atoms with Gasteiger partial charge in [0.1, 0.15) is 5.82 Å². The number of halogens is 1. The standard InChI is InChI=1S/C12H13F/c1-9-11(7-4-8-12(9)13)10-5-2-3-6-10/h4-5,7-8H,2-3,6H2,1H3. The van der Waals surface area contributed by atoms with Crippen molar-refractivity contribution in [1.29, 1.82) is 0 Å². The highest BCUT2D eigenvalue weighted by atomic mass is 19.1. The summed E-state index contributed by atoms with van der Waals surface area (Å²) in [4.78, 5) is 0. The Hall–Kier alpha value is -1.11. The fourth-order valence-electron chi connectivity index (χ4n) is 1.87. The zero-order valence-electron chi connectivity index (χ0n) is 7.81. The Balaban J connectivity index is 2.45. The van der Waals surface area contributed by atoms with Crippen LogP contribution in [-0.2, 0) is 0 Å². The van der Waals surface area contributed by atoms with Crippen LogP contribution in [0.15, 0.2) is 24.3 Å². The molecule has 1 heteroatoms. The predicted octanol–water partition coefficient (Wildman–Crippen LogP) is 3.70. The molecule has 1 aromatic carbocycles. The average molecular weight is 176 g/mol. The third-order valence-corrected chi connectivity index (χ3v) is 2.65. The summed E-state index contributed by atoms with van der Waals surface area (Å²) in [5, 5.41) is 0. The Labute approximate surface area is 78.1 Å². The van der Waals surface area contributed by atoms with Gasteiger partial charge in [0.05, 0.1) is 0 Å². The van der Waals surface area contributed by atoms with Crippen LogP contribution in [0.5, 0.6) is 0 Å². The van der Waals surface area contributed by atoms with Gasteiger partial charge in [0.25, 0.3) is 0 Å². The van der Waals surface area contributed by atoms with Crippen molar-refractivity contribution in [2.24, 2.45) is 0 Å². The van der Waals surface area contributed by atoms with E-state index in [9.17, 15) is 4.39 Å². The van der Waals surface area contributed by atoms with Gasteiger partial charge in [0.15, 0.2) is 0 Å². The number of benzene rings is 1. The second-order valence-corrected chi connectivity index (χ2v) is 3.53. The summed E-state index contributed by atoms with van der Waals surface area (Å²) in [6, 6.07) is 5.32. The summed E-state index contributed by atoms with van der Waals surface area (Å²) in [5.74, 6) is -0.0923. The molecular formula is C12H13F. The highest BCUT2D eigenvalue weighted by molar-refractivity contribution is 5.69. The molecule has 0 bridgehead atoms. The SMILES string of the molecule is Cc1c(F)cccc1C1=CCCC1. The van der Waals surface area contributed by atoms with Crippen molar-refractivity contribution in [2.45, 2.75) is 26.2 Å². The Bertz CT molecular complexity index is 350. The van der Waals surface area contributed by atoms with Crippen molar-refractivity contribution in [2.75, 3.05) is 0 Å². The van der Waals surface area contributed by atoms with Gasteiger partial charge in [0.2, 0.25) is 0 Å². The maximum atomic E-state index is 13.2. The van der Waals surface area contributed by atoms with E-state index in [1.54, 1.807) is 6.07 Å². The van der Waals surface area contributed by atoms with Crippen LogP contribution in [0.2, 0.25) is 0 Å². The molecule has 0 saturated carbocycles. The van der Waals surface area contributed by atoms with Crippen molar-refractivity contribution in [1.82, 2.24) is 0 Å². The molecule has 0 aromatic heterocycles. The number of rotatable bonds is 1. The van der Waals surface area contributed by atoms with Crippen LogP contribution in [0, 0.1) is 12.7 Å². The topological polar surface area (TPSA) is 0 Å². The average Bonchev–Trinajstić information content (AvgIpc) is 2.62. The molecule has 0 spiro atoms. The van der Waals surface area contributed by atoms with Crippen molar-refractivity contribution in [3.63, 3.8) is 0 Å². The molecule has 0 N–H and O–H groups in total. The van der Waals surface area contributed by atoms with E-state index in [0.717, 1.165) is 24.0 Å². The normalized spacial score (nSPS) is 16.0. The Kier molecular flexibility index (Phi) is 2.17. The zero-order valence-corrected chi connectivity index (χ0v) is 7.81. The largest absolute Gasteiger partial charge is 0.207 e. The smallest absolute Gasteiger partial charge is 0.126 e. The van der Waals surface area contributed by atoms with E-state index in [2.05, 4.69) is 6.08 Å². The zero-order chi connectivity index (χ0) is 9.26. The lowest BCUT2D eigenvalue weighted by Gasteiger charge is -2.06. The van der Waals surface area contributed by atoms with Crippen LogP contribution in [0.4, 0.5) is 4.39 Å². The number of hydrogen-bond acceptors (Lipinski definition) is 0. The Morgan fingerprint density at radius 3 is 2.85 bits per heavy atom. The summed E-state index contributed by atoms with van der Waals surface area (Å²) in [6.45, 7) is 1.85. The summed E-state index contributed by atoms with van der Waals surface area (Å²) >= 11 is 0. The van der Waals surface area contributed by atoms with E-state index < -0.39 is 0 Å². The van der Waals surface area contributed by atoms with Crippen molar-refractivity contribution >= 4 is 5.57 Å². The van der Waals surface area contributed by atoms with Crippen LogP contribution in [0.3, 0.4) is 0 Å². The maximum absolute atomic E-state index is 13.2. The Morgan fingerprint density at radius 2 is 2.15 bits per heavy atom. The monoisotopic (exact) mass is 176 g/mol. The molecule has 13 heavy (non-hydrogen) atoms. The molecular weight excluding hydrogens is 163 g/mol. The minimum Gasteiger partial charge on any atom is -0.207 e. The van der Waals surface area contributed by atoms with Gasteiger partial charge in [-0.05, 0) is 49.0 Å². The first-order valence-corrected chi connectivity index (χ1v) is 4.73. The molecule has 1 aliphatic rings. The van der Waals surface area contributed by atoms with Gasteiger partial charge in [-0.25, -0.2) is 4.39 Å². The molecule has 0 nitrogen and oxygen atoms in total. The van der Waals surface area contributed by atoms with Gasteiger partial charge >= 0.3 is 0 Å². The fourth-order valence-corrected chi connectivity index (χ4v) is 1.87. The summed E-state index contributed by atoms with van der Waals surface area (Å²) in [7, 11) is 0. The summed E-state index contributed by atoms with van der Waals surface area (Å²) < 4.78 is 13.2. The quantitative estimate of drug-likeness (QED) is 0.612. The first-order valence-electron chi connectivity index (χ1n) is 4.73. The van der Waals surface area contributed by atoms with Gasteiger partial charge in [-0.3, -0.25) is 0 Å². The molecule has 0 amide bonds. The third-order valence-electron chi connectivity index (χ3n) is 2.65. The van der Waals surface area contributed by atoms with Crippen LogP contribution in [0.25, 0.3) is 5.57 Å². The first kappa shape index (κ1) is 8.49. The summed E-state index contributed by atoms with van der Waals surface area (Å²) in [6.07, 6.45) is 5.68. The highest BCUT2D eigenvalue weighted by Crippen LogP contribution is 2.30. The first-order chi connectivity index (χ1) is 6.29. The second-order valence-electron chi connectivity index (χ2n) is 3.53. The molecule has 0 fully saturated rings. The van der Waals surface area contributed by atoms with Crippen molar-refractivity contribution in [3.8, 4) is 0 Å². The van der Waals surface area contributed by atoms with Gasteiger partial charge in [-0.15, -0.1) is 0 Å². The van der Waals surface area contributed by atoms with E-state index >= 15 is 0 Å². The minimum atomic E-state index is -0.0923. The van der Waals surface area contributed by atoms with Crippen molar-refractivity contribution in [3.05, 3.63) is 41.2 Å². The number of hydrogen-bond donors (Lipinski definition) is 0. The van der Waals surface area contributed by atoms with Crippen LogP contribution < -0.4 is 0 Å². The lowest BCUT2D eigenvalue weighted by Crippen LogP contribution is -1.90.